The number of carbonyl (C=O) groups excluding carboxylic acids is 1. The van der Waals surface area contributed by atoms with E-state index in [1.807, 2.05) is 30.3 Å². The number of benzene rings is 1. The number of nitrogens with zero attached hydrogens (tertiary/aromatic N) is 1. The van der Waals surface area contributed by atoms with Crippen molar-refractivity contribution in [2.45, 2.75) is 12.5 Å². The molecule has 0 aliphatic rings. The van der Waals surface area contributed by atoms with Gasteiger partial charge in [-0.15, -0.1) is 0 Å². The SMILES string of the molecule is O=C(/C=C/c1ccccc1)N[C@H](Cc1cnc[nH]1)C(=O)O. The van der Waals surface area contributed by atoms with Gasteiger partial charge in [0.15, 0.2) is 0 Å². The van der Waals surface area contributed by atoms with Gasteiger partial charge in [-0.3, -0.25) is 4.79 Å². The third-order valence-corrected chi connectivity index (χ3v) is 2.82. The van der Waals surface area contributed by atoms with E-state index in [2.05, 4.69) is 15.3 Å². The fourth-order valence-corrected chi connectivity index (χ4v) is 1.77. The smallest absolute Gasteiger partial charge is 0.326 e. The Balaban J connectivity index is 1.95. The van der Waals surface area contributed by atoms with Gasteiger partial charge in [0.25, 0.3) is 0 Å². The predicted molar refractivity (Wildman–Crippen MR) is 77.3 cm³/mol. The van der Waals surface area contributed by atoms with E-state index in [0.29, 0.717) is 5.69 Å². The lowest BCUT2D eigenvalue weighted by molar-refractivity contribution is -0.141. The molecule has 1 atom stereocenters. The summed E-state index contributed by atoms with van der Waals surface area (Å²) in [6.07, 6.45) is 6.09. The van der Waals surface area contributed by atoms with E-state index in [1.165, 1.54) is 18.6 Å². The van der Waals surface area contributed by atoms with Gasteiger partial charge in [0.1, 0.15) is 6.04 Å². The van der Waals surface area contributed by atoms with Crippen LogP contribution >= 0.6 is 0 Å². The summed E-state index contributed by atoms with van der Waals surface area (Å²) in [6, 6.07) is 8.29. The zero-order valence-corrected chi connectivity index (χ0v) is 11.2. The van der Waals surface area contributed by atoms with Crippen LogP contribution in [0.3, 0.4) is 0 Å². The summed E-state index contributed by atoms with van der Waals surface area (Å²) in [7, 11) is 0. The van der Waals surface area contributed by atoms with E-state index in [1.54, 1.807) is 6.08 Å². The number of carboxylic acids is 1. The Kier molecular flexibility index (Phi) is 4.87. The molecule has 2 rings (SSSR count). The minimum Gasteiger partial charge on any atom is -0.480 e. The number of amides is 1. The van der Waals surface area contributed by atoms with Crippen molar-refractivity contribution in [3.8, 4) is 0 Å². The summed E-state index contributed by atoms with van der Waals surface area (Å²) in [6.45, 7) is 0. The van der Waals surface area contributed by atoms with Crippen molar-refractivity contribution in [2.24, 2.45) is 0 Å². The van der Waals surface area contributed by atoms with Crippen LogP contribution in [0.5, 0.6) is 0 Å². The minimum absolute atomic E-state index is 0.153. The molecule has 0 fully saturated rings. The largest absolute Gasteiger partial charge is 0.480 e. The zero-order chi connectivity index (χ0) is 15.1. The maximum atomic E-state index is 11.8. The number of H-pyrrole nitrogens is 1. The Bertz CT molecular complexity index is 621. The average Bonchev–Trinajstić information content (AvgIpc) is 2.98. The minimum atomic E-state index is -1.09. The lowest BCUT2D eigenvalue weighted by Gasteiger charge is -2.11. The van der Waals surface area contributed by atoms with E-state index in [4.69, 9.17) is 5.11 Å². The number of imidazole rings is 1. The first-order valence-electron chi connectivity index (χ1n) is 6.39. The van der Waals surface area contributed by atoms with E-state index in [9.17, 15) is 9.59 Å². The van der Waals surface area contributed by atoms with Crippen LogP contribution < -0.4 is 5.32 Å². The summed E-state index contributed by atoms with van der Waals surface area (Å²) in [4.78, 5) is 29.6. The molecule has 0 unspecified atom stereocenters. The van der Waals surface area contributed by atoms with E-state index < -0.39 is 17.9 Å². The molecular formula is C15H15N3O3. The molecule has 3 N–H and O–H groups in total. The summed E-state index contributed by atoms with van der Waals surface area (Å²) >= 11 is 0. The van der Waals surface area contributed by atoms with Crippen LogP contribution in [-0.4, -0.2) is 33.0 Å². The second-order valence-electron chi connectivity index (χ2n) is 4.42. The van der Waals surface area contributed by atoms with Crippen molar-refractivity contribution < 1.29 is 14.7 Å². The van der Waals surface area contributed by atoms with Crippen molar-refractivity contribution in [1.82, 2.24) is 15.3 Å². The van der Waals surface area contributed by atoms with Crippen LogP contribution in [0.2, 0.25) is 0 Å². The summed E-state index contributed by atoms with van der Waals surface area (Å²) in [5.74, 6) is -1.54. The molecule has 0 spiro atoms. The first-order chi connectivity index (χ1) is 10.1. The maximum Gasteiger partial charge on any atom is 0.326 e. The van der Waals surface area contributed by atoms with Crippen molar-refractivity contribution in [2.75, 3.05) is 0 Å². The monoisotopic (exact) mass is 285 g/mol. The van der Waals surface area contributed by atoms with Crippen molar-refractivity contribution in [3.05, 3.63) is 60.2 Å². The van der Waals surface area contributed by atoms with E-state index >= 15 is 0 Å². The topological polar surface area (TPSA) is 95.1 Å². The maximum absolute atomic E-state index is 11.8. The van der Waals surface area contributed by atoms with Crippen LogP contribution in [-0.2, 0) is 16.0 Å². The van der Waals surface area contributed by atoms with Crippen LogP contribution in [0.15, 0.2) is 48.9 Å². The molecule has 0 aliphatic carbocycles. The predicted octanol–water partition coefficient (Wildman–Crippen LogP) is 1.24. The lowest BCUT2D eigenvalue weighted by Crippen LogP contribution is -2.41. The first-order valence-corrected chi connectivity index (χ1v) is 6.39. The van der Waals surface area contributed by atoms with E-state index in [0.717, 1.165) is 5.56 Å². The standard InChI is InChI=1S/C15H15N3O3/c19-14(7-6-11-4-2-1-3-5-11)18-13(15(20)21)8-12-9-16-10-17-12/h1-7,9-10,13H,8H2,(H,16,17)(H,18,19)(H,20,21)/b7-6+/t13-/m1/s1. The van der Waals surface area contributed by atoms with Crippen LogP contribution in [0.1, 0.15) is 11.3 Å². The fourth-order valence-electron chi connectivity index (χ4n) is 1.77. The molecule has 6 heteroatoms. The molecule has 21 heavy (non-hydrogen) atoms. The molecule has 0 radical (unpaired) electrons. The number of carboxylic acid groups (broad SMARTS) is 1. The highest BCUT2D eigenvalue weighted by Gasteiger charge is 2.19. The number of aromatic amines is 1. The van der Waals surface area contributed by atoms with Crippen LogP contribution in [0.4, 0.5) is 0 Å². The third kappa shape index (κ3) is 4.61. The molecule has 6 nitrogen and oxygen atoms in total. The second kappa shape index (κ2) is 7.04. The zero-order valence-electron chi connectivity index (χ0n) is 11.2. The summed E-state index contributed by atoms with van der Waals surface area (Å²) in [5.41, 5.74) is 1.52. The molecular weight excluding hydrogens is 270 g/mol. The number of aliphatic carboxylic acids is 1. The number of nitrogens with one attached hydrogen (secondary N) is 2. The Morgan fingerprint density at radius 3 is 2.71 bits per heavy atom. The van der Waals surface area contributed by atoms with Crippen molar-refractivity contribution >= 4 is 18.0 Å². The van der Waals surface area contributed by atoms with Crippen LogP contribution in [0, 0.1) is 0 Å². The lowest BCUT2D eigenvalue weighted by atomic mass is 10.1. The van der Waals surface area contributed by atoms with Gasteiger partial charge in [-0.1, -0.05) is 30.3 Å². The highest BCUT2D eigenvalue weighted by Crippen LogP contribution is 2.02. The quantitative estimate of drug-likeness (QED) is 0.696. The fraction of sp³-hybridized carbons (Fsp3) is 0.133. The molecule has 0 saturated heterocycles. The van der Waals surface area contributed by atoms with Gasteiger partial charge in [0, 0.05) is 24.4 Å². The van der Waals surface area contributed by atoms with Crippen LogP contribution in [0.25, 0.3) is 6.08 Å². The average molecular weight is 285 g/mol. The molecule has 1 aromatic carbocycles. The summed E-state index contributed by atoms with van der Waals surface area (Å²) < 4.78 is 0. The molecule has 1 aromatic heterocycles. The summed E-state index contributed by atoms with van der Waals surface area (Å²) in [5, 5.41) is 11.6. The Morgan fingerprint density at radius 1 is 1.33 bits per heavy atom. The molecule has 0 bridgehead atoms. The van der Waals surface area contributed by atoms with Gasteiger partial charge >= 0.3 is 5.97 Å². The number of hydrogen-bond donors (Lipinski definition) is 3. The number of aromatic nitrogens is 2. The van der Waals surface area contributed by atoms with Crippen molar-refractivity contribution in [1.29, 1.82) is 0 Å². The Labute approximate surface area is 121 Å². The molecule has 1 amide bonds. The highest BCUT2D eigenvalue weighted by molar-refractivity contribution is 5.94. The Morgan fingerprint density at radius 2 is 2.10 bits per heavy atom. The van der Waals surface area contributed by atoms with Gasteiger partial charge in [0.05, 0.1) is 6.33 Å². The Hall–Kier alpha value is -2.89. The molecule has 0 saturated carbocycles. The van der Waals surface area contributed by atoms with Gasteiger partial charge in [-0.05, 0) is 11.6 Å². The molecule has 1 heterocycles. The van der Waals surface area contributed by atoms with Gasteiger partial charge in [-0.2, -0.15) is 0 Å². The highest BCUT2D eigenvalue weighted by atomic mass is 16.4. The molecule has 108 valence electrons. The molecule has 0 aliphatic heterocycles. The van der Waals surface area contributed by atoms with Gasteiger partial charge in [-0.25, -0.2) is 9.78 Å². The number of rotatable bonds is 6. The molecule has 2 aromatic rings. The van der Waals surface area contributed by atoms with E-state index in [-0.39, 0.29) is 6.42 Å². The number of carbonyl (C=O) groups is 2. The van der Waals surface area contributed by atoms with Crippen molar-refractivity contribution in [3.63, 3.8) is 0 Å². The normalized spacial score (nSPS) is 12.2. The van der Waals surface area contributed by atoms with Gasteiger partial charge in [0.2, 0.25) is 5.91 Å². The van der Waals surface area contributed by atoms with Gasteiger partial charge < -0.3 is 15.4 Å². The third-order valence-electron chi connectivity index (χ3n) is 2.82. The second-order valence-corrected chi connectivity index (χ2v) is 4.42. The first kappa shape index (κ1) is 14.5. The number of hydrogen-bond acceptors (Lipinski definition) is 3.